The van der Waals surface area contributed by atoms with E-state index in [0.717, 1.165) is 18.3 Å². The zero-order valence-corrected chi connectivity index (χ0v) is 9.48. The van der Waals surface area contributed by atoms with Gasteiger partial charge in [0.2, 0.25) is 0 Å². The third kappa shape index (κ3) is 3.95. The quantitative estimate of drug-likeness (QED) is 0.432. The van der Waals surface area contributed by atoms with Crippen molar-refractivity contribution in [1.82, 2.24) is 5.32 Å². The number of ketones is 1. The molecule has 86 valence electrons. The monoisotopic (exact) mass is 219 g/mol. The maximum Gasteiger partial charge on any atom is 0.179 e. The molecule has 1 aromatic rings. The molecule has 0 aromatic heterocycles. The second-order valence-electron chi connectivity index (χ2n) is 3.71. The first-order valence-corrected chi connectivity index (χ1v) is 5.52. The van der Waals surface area contributed by atoms with Crippen molar-refractivity contribution >= 4 is 12.1 Å². The zero-order chi connectivity index (χ0) is 11.8. The van der Waals surface area contributed by atoms with E-state index in [1.165, 1.54) is 0 Å². The molecule has 0 aliphatic heterocycles. The van der Waals surface area contributed by atoms with E-state index in [4.69, 9.17) is 0 Å². The van der Waals surface area contributed by atoms with Crippen LogP contribution in [0.2, 0.25) is 0 Å². The van der Waals surface area contributed by atoms with Crippen LogP contribution in [0.25, 0.3) is 0 Å². The van der Waals surface area contributed by atoms with Gasteiger partial charge in [-0.2, -0.15) is 0 Å². The lowest BCUT2D eigenvalue weighted by Crippen LogP contribution is -2.34. The van der Waals surface area contributed by atoms with Crippen LogP contribution in [0.5, 0.6) is 0 Å². The number of carbonyl (C=O) groups excluding carboxylic acids is 2. The fourth-order valence-electron chi connectivity index (χ4n) is 1.45. The predicted octanol–water partition coefficient (Wildman–Crippen LogP) is 1.83. The highest BCUT2D eigenvalue weighted by molar-refractivity contribution is 5.99. The van der Waals surface area contributed by atoms with Crippen LogP contribution in [0.1, 0.15) is 30.1 Å². The molecule has 3 heteroatoms. The summed E-state index contributed by atoms with van der Waals surface area (Å²) in [6.07, 6.45) is 2.21. The molecule has 0 aliphatic rings. The highest BCUT2D eigenvalue weighted by Gasteiger charge is 2.13. The van der Waals surface area contributed by atoms with Crippen LogP contribution in [-0.4, -0.2) is 24.7 Å². The molecular weight excluding hydrogens is 202 g/mol. The van der Waals surface area contributed by atoms with Crippen molar-refractivity contribution in [3.63, 3.8) is 0 Å². The van der Waals surface area contributed by atoms with Gasteiger partial charge in [0.25, 0.3) is 0 Å². The molecule has 0 spiro atoms. The van der Waals surface area contributed by atoms with E-state index in [0.29, 0.717) is 13.0 Å². The van der Waals surface area contributed by atoms with Crippen LogP contribution in [0.15, 0.2) is 30.3 Å². The number of carbonyl (C=O) groups is 2. The lowest BCUT2D eigenvalue weighted by atomic mass is 10.1. The minimum absolute atomic E-state index is 0.0895. The molecule has 1 N–H and O–H groups in total. The molecule has 3 nitrogen and oxygen atoms in total. The smallest absolute Gasteiger partial charge is 0.179 e. The Balaban J connectivity index is 2.39. The van der Waals surface area contributed by atoms with Crippen molar-refractivity contribution in [2.45, 2.75) is 25.8 Å². The fraction of sp³-hybridized carbons (Fsp3) is 0.385. The Bertz CT molecular complexity index is 335. The molecule has 0 heterocycles. The number of hydrogen-bond acceptors (Lipinski definition) is 3. The van der Waals surface area contributed by atoms with Crippen molar-refractivity contribution in [2.24, 2.45) is 0 Å². The molecule has 0 amide bonds. The summed E-state index contributed by atoms with van der Waals surface area (Å²) in [5.41, 5.74) is 0.720. The first kappa shape index (κ1) is 12.6. The van der Waals surface area contributed by atoms with Gasteiger partial charge in [-0.3, -0.25) is 4.79 Å². The fourth-order valence-corrected chi connectivity index (χ4v) is 1.45. The predicted molar refractivity (Wildman–Crippen MR) is 63.5 cm³/mol. The highest BCUT2D eigenvalue weighted by Crippen LogP contribution is 2.03. The van der Waals surface area contributed by atoms with E-state index >= 15 is 0 Å². The summed E-state index contributed by atoms with van der Waals surface area (Å²) < 4.78 is 0. The number of rotatable bonds is 7. The van der Waals surface area contributed by atoms with Gasteiger partial charge in [0, 0.05) is 12.0 Å². The minimum Gasteiger partial charge on any atom is -0.307 e. The number of nitrogens with one attached hydrogen (secondary N) is 1. The Morgan fingerprint density at radius 3 is 2.69 bits per heavy atom. The van der Waals surface area contributed by atoms with Gasteiger partial charge in [-0.25, -0.2) is 0 Å². The molecule has 0 fully saturated rings. The second-order valence-corrected chi connectivity index (χ2v) is 3.71. The first-order chi connectivity index (χ1) is 7.75. The van der Waals surface area contributed by atoms with Gasteiger partial charge < -0.3 is 10.1 Å². The standard InChI is InChI=1S/C13H17NO2/c1-11(14-9-5-6-10-15)13(16)12-7-3-2-4-8-12/h2-4,7-8,10-11,14H,5-6,9H2,1H3. The van der Waals surface area contributed by atoms with Gasteiger partial charge in [0.1, 0.15) is 6.29 Å². The van der Waals surface area contributed by atoms with E-state index in [1.54, 1.807) is 0 Å². The van der Waals surface area contributed by atoms with Crippen LogP contribution in [0.4, 0.5) is 0 Å². The third-order valence-corrected chi connectivity index (χ3v) is 2.40. The maximum atomic E-state index is 11.9. The average molecular weight is 219 g/mol. The summed E-state index contributed by atoms with van der Waals surface area (Å²) >= 11 is 0. The van der Waals surface area contributed by atoms with Crippen LogP contribution >= 0.6 is 0 Å². The van der Waals surface area contributed by atoms with E-state index in [1.807, 2.05) is 37.3 Å². The molecule has 0 bridgehead atoms. The van der Waals surface area contributed by atoms with E-state index < -0.39 is 0 Å². The number of unbranched alkanes of at least 4 members (excludes halogenated alkanes) is 1. The molecule has 0 aliphatic carbocycles. The molecule has 16 heavy (non-hydrogen) atoms. The average Bonchev–Trinajstić information content (AvgIpc) is 2.34. The van der Waals surface area contributed by atoms with Crippen molar-refractivity contribution < 1.29 is 9.59 Å². The highest BCUT2D eigenvalue weighted by atomic mass is 16.1. The molecule has 1 atom stereocenters. The maximum absolute atomic E-state index is 11.9. The van der Waals surface area contributed by atoms with E-state index in [2.05, 4.69) is 5.32 Å². The summed E-state index contributed by atoms with van der Waals surface area (Å²) in [5.74, 6) is 0.0895. The van der Waals surface area contributed by atoms with Crippen molar-refractivity contribution in [2.75, 3.05) is 6.54 Å². The summed E-state index contributed by atoms with van der Waals surface area (Å²) in [5, 5.41) is 3.11. The first-order valence-electron chi connectivity index (χ1n) is 5.52. The van der Waals surface area contributed by atoms with Gasteiger partial charge in [0.15, 0.2) is 5.78 Å². The minimum atomic E-state index is -0.200. The second kappa shape index (κ2) is 6.90. The molecule has 1 rings (SSSR count). The van der Waals surface area contributed by atoms with Crippen molar-refractivity contribution in [3.05, 3.63) is 35.9 Å². The SMILES string of the molecule is CC(NCCCC=O)C(=O)c1ccccc1. The van der Waals surface area contributed by atoms with Gasteiger partial charge in [-0.15, -0.1) is 0 Å². The van der Waals surface area contributed by atoms with Gasteiger partial charge in [-0.05, 0) is 19.9 Å². The lowest BCUT2D eigenvalue weighted by Gasteiger charge is -2.12. The number of Topliss-reactive ketones (excluding diaryl/α,β-unsaturated/α-hetero) is 1. The normalized spacial score (nSPS) is 12.1. The Morgan fingerprint density at radius 2 is 2.06 bits per heavy atom. The third-order valence-electron chi connectivity index (χ3n) is 2.40. The summed E-state index contributed by atoms with van der Waals surface area (Å²) in [6.45, 7) is 2.54. The summed E-state index contributed by atoms with van der Waals surface area (Å²) in [6, 6.07) is 9.02. The number of hydrogen-bond donors (Lipinski definition) is 1. The van der Waals surface area contributed by atoms with Crippen molar-refractivity contribution in [3.8, 4) is 0 Å². The Labute approximate surface area is 95.9 Å². The van der Waals surface area contributed by atoms with E-state index in [9.17, 15) is 9.59 Å². The van der Waals surface area contributed by atoms with Crippen LogP contribution < -0.4 is 5.32 Å². The Morgan fingerprint density at radius 1 is 1.38 bits per heavy atom. The van der Waals surface area contributed by atoms with Gasteiger partial charge in [-0.1, -0.05) is 30.3 Å². The molecule has 0 radical (unpaired) electrons. The molecule has 0 saturated carbocycles. The molecule has 1 unspecified atom stereocenters. The Hall–Kier alpha value is -1.48. The van der Waals surface area contributed by atoms with E-state index in [-0.39, 0.29) is 11.8 Å². The summed E-state index contributed by atoms with van der Waals surface area (Å²) in [7, 11) is 0. The lowest BCUT2D eigenvalue weighted by molar-refractivity contribution is -0.107. The molecule has 1 aromatic carbocycles. The van der Waals surface area contributed by atoms with Crippen LogP contribution in [-0.2, 0) is 4.79 Å². The summed E-state index contributed by atoms with van der Waals surface area (Å²) in [4.78, 5) is 22.0. The van der Waals surface area contributed by atoms with Gasteiger partial charge >= 0.3 is 0 Å². The zero-order valence-electron chi connectivity index (χ0n) is 9.48. The number of aldehydes is 1. The van der Waals surface area contributed by atoms with Crippen LogP contribution in [0, 0.1) is 0 Å². The topological polar surface area (TPSA) is 46.2 Å². The Kier molecular flexibility index (Phi) is 5.43. The van der Waals surface area contributed by atoms with Gasteiger partial charge in [0.05, 0.1) is 6.04 Å². The molecule has 0 saturated heterocycles. The largest absolute Gasteiger partial charge is 0.307 e. The van der Waals surface area contributed by atoms with Crippen molar-refractivity contribution in [1.29, 1.82) is 0 Å². The molecular formula is C13H17NO2. The van der Waals surface area contributed by atoms with Crippen LogP contribution in [0.3, 0.4) is 0 Å². The number of benzene rings is 1.